The second-order valence-electron chi connectivity index (χ2n) is 2.46. The zero-order valence-corrected chi connectivity index (χ0v) is 9.97. The quantitative estimate of drug-likeness (QED) is 0.701. The molecule has 0 aromatic carbocycles. The Morgan fingerprint density at radius 3 is 3.00 bits per heavy atom. The van der Waals surface area contributed by atoms with E-state index < -0.39 is 0 Å². The monoisotopic (exact) mass is 264 g/mol. The van der Waals surface area contributed by atoms with E-state index in [0.717, 1.165) is 16.8 Å². The van der Waals surface area contributed by atoms with Gasteiger partial charge < -0.3 is 0 Å². The maximum Gasteiger partial charge on any atom is 0.0588 e. The number of allylic oxidation sites excluding steroid dienone is 2. The van der Waals surface area contributed by atoms with Crippen LogP contribution < -0.4 is 0 Å². The first-order valence-corrected chi connectivity index (χ1v) is 6.09. The number of hydrogen-bond acceptors (Lipinski definition) is 1. The van der Waals surface area contributed by atoms with Gasteiger partial charge in [-0.25, -0.2) is 0 Å². The molecule has 0 aliphatic heterocycles. The van der Waals surface area contributed by atoms with E-state index in [1.54, 1.807) is 11.3 Å². The van der Waals surface area contributed by atoms with Crippen LogP contribution in [-0.2, 0) is 0 Å². The Balaban J connectivity index is 2.77. The van der Waals surface area contributed by atoms with Gasteiger partial charge in [0.2, 0.25) is 0 Å². The number of hydrogen-bond donors (Lipinski definition) is 0. The number of rotatable bonds is 3. The van der Waals surface area contributed by atoms with Gasteiger partial charge in [0, 0.05) is 10.2 Å². The van der Waals surface area contributed by atoms with Crippen molar-refractivity contribution in [2.24, 2.45) is 0 Å². The first-order valence-electron chi connectivity index (χ1n) is 3.72. The lowest BCUT2D eigenvalue weighted by Gasteiger charge is -1.96. The topological polar surface area (TPSA) is 0 Å². The molecule has 0 saturated heterocycles. The molecule has 3 heteroatoms. The average molecular weight is 266 g/mol. The first-order chi connectivity index (χ1) is 5.75. The Morgan fingerprint density at radius 2 is 2.50 bits per heavy atom. The fourth-order valence-electron chi connectivity index (χ4n) is 0.939. The summed E-state index contributed by atoms with van der Waals surface area (Å²) in [7, 11) is 0. The molecule has 0 aliphatic rings. The molecule has 1 aromatic heterocycles. The van der Waals surface area contributed by atoms with Gasteiger partial charge in [-0.05, 0) is 30.4 Å². The summed E-state index contributed by atoms with van der Waals surface area (Å²) in [4.78, 5) is 1.19. The molecule has 0 bridgehead atoms. The number of halogens is 2. The van der Waals surface area contributed by atoms with Gasteiger partial charge in [0.05, 0.1) is 5.02 Å². The molecular formula is C9H10BrClS. The predicted octanol–water partition coefficient (Wildman–Crippen LogP) is 4.59. The molecule has 0 radical (unpaired) electrons. The normalized spacial score (nSPS) is 12.1. The zero-order valence-electron chi connectivity index (χ0n) is 6.81. The Morgan fingerprint density at radius 1 is 1.75 bits per heavy atom. The van der Waals surface area contributed by atoms with Gasteiger partial charge in [-0.1, -0.05) is 33.6 Å². The van der Waals surface area contributed by atoms with Gasteiger partial charge in [0.15, 0.2) is 0 Å². The summed E-state index contributed by atoms with van der Waals surface area (Å²) >= 11 is 11.0. The highest BCUT2D eigenvalue weighted by molar-refractivity contribution is 9.09. The lowest BCUT2D eigenvalue weighted by molar-refractivity contribution is 1.26. The molecule has 0 fully saturated rings. The minimum Gasteiger partial charge on any atom is -0.143 e. The molecule has 66 valence electrons. The van der Waals surface area contributed by atoms with Gasteiger partial charge in [0.25, 0.3) is 0 Å². The average Bonchev–Trinajstić information content (AvgIpc) is 2.47. The fraction of sp³-hybridized carbons (Fsp3) is 0.333. The molecule has 0 amide bonds. The van der Waals surface area contributed by atoms with E-state index in [4.69, 9.17) is 11.6 Å². The van der Waals surface area contributed by atoms with Crippen molar-refractivity contribution in [3.8, 4) is 0 Å². The highest BCUT2D eigenvalue weighted by Crippen LogP contribution is 2.29. The third-order valence-corrected chi connectivity index (χ3v) is 3.47. The van der Waals surface area contributed by atoms with Gasteiger partial charge in [0.1, 0.15) is 0 Å². The van der Waals surface area contributed by atoms with E-state index in [2.05, 4.69) is 28.9 Å². The summed E-state index contributed by atoms with van der Waals surface area (Å²) in [6.07, 6.45) is 3.26. The standard InChI is InChI=1S/C9H10BrClS/c1-7(3-2-5-10)9-8(11)4-6-12-9/h3-4,6H,2,5H2,1H3/b7-3-. The Bertz CT molecular complexity index is 278. The second kappa shape index (κ2) is 5.05. The molecule has 0 N–H and O–H groups in total. The molecule has 0 aliphatic carbocycles. The fourth-order valence-corrected chi connectivity index (χ4v) is 2.38. The molecular weight excluding hydrogens is 256 g/mol. The first kappa shape index (κ1) is 10.3. The lowest BCUT2D eigenvalue weighted by Crippen LogP contribution is -1.75. The zero-order chi connectivity index (χ0) is 8.97. The Labute approximate surface area is 90.4 Å². The molecule has 0 atom stereocenters. The van der Waals surface area contributed by atoms with Crippen LogP contribution in [0.4, 0.5) is 0 Å². The Kier molecular flexibility index (Phi) is 4.33. The highest BCUT2D eigenvalue weighted by atomic mass is 79.9. The van der Waals surface area contributed by atoms with Crippen LogP contribution in [0, 0.1) is 0 Å². The van der Waals surface area contributed by atoms with Crippen LogP contribution in [0.3, 0.4) is 0 Å². The maximum absolute atomic E-state index is 5.97. The number of alkyl halides is 1. The summed E-state index contributed by atoms with van der Waals surface area (Å²) in [5.41, 5.74) is 1.27. The van der Waals surface area contributed by atoms with Crippen molar-refractivity contribution in [3.05, 3.63) is 27.4 Å². The van der Waals surface area contributed by atoms with Crippen molar-refractivity contribution in [1.29, 1.82) is 0 Å². The summed E-state index contributed by atoms with van der Waals surface area (Å²) in [6, 6.07) is 1.94. The van der Waals surface area contributed by atoms with Crippen molar-refractivity contribution in [1.82, 2.24) is 0 Å². The number of thiophene rings is 1. The third-order valence-electron chi connectivity index (χ3n) is 1.53. The van der Waals surface area contributed by atoms with E-state index >= 15 is 0 Å². The minimum atomic E-state index is 0.864. The van der Waals surface area contributed by atoms with Gasteiger partial charge in [-0.15, -0.1) is 11.3 Å². The lowest BCUT2D eigenvalue weighted by atomic mass is 10.2. The van der Waals surface area contributed by atoms with E-state index in [0.29, 0.717) is 0 Å². The molecule has 12 heavy (non-hydrogen) atoms. The Hall–Kier alpha value is 0.210. The van der Waals surface area contributed by atoms with Crippen LogP contribution in [-0.4, -0.2) is 5.33 Å². The molecule has 1 heterocycles. The molecule has 0 spiro atoms. The van der Waals surface area contributed by atoms with Gasteiger partial charge >= 0.3 is 0 Å². The van der Waals surface area contributed by atoms with Crippen molar-refractivity contribution in [2.45, 2.75) is 13.3 Å². The molecule has 0 saturated carbocycles. The van der Waals surface area contributed by atoms with E-state index in [-0.39, 0.29) is 0 Å². The molecule has 0 nitrogen and oxygen atoms in total. The van der Waals surface area contributed by atoms with E-state index in [1.165, 1.54) is 10.5 Å². The van der Waals surface area contributed by atoms with Crippen LogP contribution in [0.1, 0.15) is 18.2 Å². The summed E-state index contributed by atoms with van der Waals surface area (Å²) in [5, 5.41) is 3.89. The summed E-state index contributed by atoms with van der Waals surface area (Å²) < 4.78 is 0. The van der Waals surface area contributed by atoms with Crippen LogP contribution in [0.15, 0.2) is 17.5 Å². The van der Waals surface area contributed by atoms with Crippen LogP contribution in [0.2, 0.25) is 5.02 Å². The highest BCUT2D eigenvalue weighted by Gasteiger charge is 2.02. The third kappa shape index (κ3) is 2.61. The summed E-state index contributed by atoms with van der Waals surface area (Å²) in [5.74, 6) is 0. The van der Waals surface area contributed by atoms with Crippen molar-refractivity contribution < 1.29 is 0 Å². The van der Waals surface area contributed by atoms with Crippen LogP contribution in [0.25, 0.3) is 5.57 Å². The smallest absolute Gasteiger partial charge is 0.0588 e. The van der Waals surface area contributed by atoms with Crippen molar-refractivity contribution in [2.75, 3.05) is 5.33 Å². The van der Waals surface area contributed by atoms with Crippen LogP contribution in [0.5, 0.6) is 0 Å². The molecule has 0 unspecified atom stereocenters. The maximum atomic E-state index is 5.97. The van der Waals surface area contributed by atoms with E-state index in [9.17, 15) is 0 Å². The van der Waals surface area contributed by atoms with Crippen molar-refractivity contribution in [3.63, 3.8) is 0 Å². The largest absolute Gasteiger partial charge is 0.143 e. The molecule has 1 rings (SSSR count). The second-order valence-corrected chi connectivity index (χ2v) is 4.58. The predicted molar refractivity (Wildman–Crippen MR) is 61.4 cm³/mol. The molecule has 1 aromatic rings. The SMILES string of the molecule is C/C(=C/CCBr)c1sccc1Cl. The van der Waals surface area contributed by atoms with E-state index in [1.807, 2.05) is 11.4 Å². The van der Waals surface area contributed by atoms with Gasteiger partial charge in [-0.3, -0.25) is 0 Å². The van der Waals surface area contributed by atoms with Crippen LogP contribution >= 0.6 is 38.9 Å². The van der Waals surface area contributed by atoms with Gasteiger partial charge in [-0.2, -0.15) is 0 Å². The summed E-state index contributed by atoms with van der Waals surface area (Å²) in [6.45, 7) is 2.10. The van der Waals surface area contributed by atoms with Crippen molar-refractivity contribution >= 4 is 44.4 Å². The minimum absolute atomic E-state index is 0.864.